The number of likely N-dealkylation sites (tertiary alicyclic amines) is 1. The van der Waals surface area contributed by atoms with Gasteiger partial charge in [0.2, 0.25) is 5.91 Å². The maximum absolute atomic E-state index is 12.8. The lowest BCUT2D eigenvalue weighted by Crippen LogP contribution is -2.51. The van der Waals surface area contributed by atoms with Crippen LogP contribution in [0.15, 0.2) is 24.3 Å². The molecule has 1 amide bonds. The molecule has 4 heteroatoms. The topological polar surface area (TPSA) is 32.3 Å². The highest BCUT2D eigenvalue weighted by atomic mass is 19.1. The Morgan fingerprint density at radius 3 is 2.80 bits per heavy atom. The molecule has 1 heterocycles. The van der Waals surface area contributed by atoms with Gasteiger partial charge in [-0.1, -0.05) is 19.1 Å². The van der Waals surface area contributed by atoms with Crippen LogP contribution in [-0.4, -0.2) is 36.5 Å². The van der Waals surface area contributed by atoms with E-state index in [1.807, 2.05) is 4.90 Å². The molecule has 1 aromatic carbocycles. The van der Waals surface area contributed by atoms with Crippen molar-refractivity contribution in [2.24, 2.45) is 0 Å². The van der Waals surface area contributed by atoms with E-state index in [0.29, 0.717) is 0 Å². The summed E-state index contributed by atoms with van der Waals surface area (Å²) in [6.45, 7) is 4.55. The fourth-order valence-corrected chi connectivity index (χ4v) is 2.59. The zero-order valence-corrected chi connectivity index (χ0v) is 12.1. The third kappa shape index (κ3) is 4.04. The minimum atomic E-state index is -0.216. The van der Waals surface area contributed by atoms with Gasteiger partial charge in [0, 0.05) is 13.1 Å². The molecule has 0 spiro atoms. The standard InChI is InChI=1S/C16H23FN2O/c1-2-10-18-15-4-3-11-19(16(15)20)12-9-13-5-7-14(17)8-6-13/h5-8,15,18H,2-4,9-12H2,1H3. The van der Waals surface area contributed by atoms with Gasteiger partial charge in [0.1, 0.15) is 5.82 Å². The fraction of sp³-hybridized carbons (Fsp3) is 0.562. The molecule has 110 valence electrons. The van der Waals surface area contributed by atoms with E-state index in [9.17, 15) is 9.18 Å². The number of piperidine rings is 1. The number of hydrogen-bond acceptors (Lipinski definition) is 2. The monoisotopic (exact) mass is 278 g/mol. The van der Waals surface area contributed by atoms with Crippen LogP contribution < -0.4 is 5.32 Å². The highest BCUT2D eigenvalue weighted by Crippen LogP contribution is 2.13. The maximum Gasteiger partial charge on any atom is 0.239 e. The highest BCUT2D eigenvalue weighted by Gasteiger charge is 2.27. The van der Waals surface area contributed by atoms with E-state index in [4.69, 9.17) is 0 Å². The molecule has 1 saturated heterocycles. The number of halogens is 1. The summed E-state index contributed by atoms with van der Waals surface area (Å²) in [4.78, 5) is 14.2. The van der Waals surface area contributed by atoms with Crippen LogP contribution in [0.5, 0.6) is 0 Å². The number of carbonyl (C=O) groups excluding carboxylic acids is 1. The molecule has 1 aromatic rings. The van der Waals surface area contributed by atoms with Crippen LogP contribution in [0.25, 0.3) is 0 Å². The molecule has 1 fully saturated rings. The molecule has 1 aliphatic rings. The van der Waals surface area contributed by atoms with E-state index in [1.54, 1.807) is 12.1 Å². The molecular formula is C16H23FN2O. The first-order valence-electron chi connectivity index (χ1n) is 7.47. The molecule has 0 radical (unpaired) electrons. The van der Waals surface area contributed by atoms with Crippen LogP contribution in [0, 0.1) is 5.82 Å². The van der Waals surface area contributed by atoms with Crippen molar-refractivity contribution in [3.63, 3.8) is 0 Å². The Bertz CT molecular complexity index is 433. The van der Waals surface area contributed by atoms with Crippen LogP contribution in [0.4, 0.5) is 4.39 Å². The van der Waals surface area contributed by atoms with E-state index in [1.165, 1.54) is 12.1 Å². The predicted molar refractivity (Wildman–Crippen MR) is 78.0 cm³/mol. The number of nitrogens with one attached hydrogen (secondary N) is 1. The van der Waals surface area contributed by atoms with Crippen molar-refractivity contribution in [1.29, 1.82) is 0 Å². The van der Waals surface area contributed by atoms with Crippen molar-refractivity contribution in [3.05, 3.63) is 35.6 Å². The van der Waals surface area contributed by atoms with E-state index in [-0.39, 0.29) is 17.8 Å². The van der Waals surface area contributed by atoms with Crippen molar-refractivity contribution >= 4 is 5.91 Å². The quantitative estimate of drug-likeness (QED) is 0.866. The van der Waals surface area contributed by atoms with Crippen molar-refractivity contribution < 1.29 is 9.18 Å². The van der Waals surface area contributed by atoms with E-state index < -0.39 is 0 Å². The molecule has 0 aliphatic carbocycles. The maximum atomic E-state index is 12.8. The Hall–Kier alpha value is -1.42. The molecule has 0 bridgehead atoms. The molecule has 1 aliphatic heterocycles. The van der Waals surface area contributed by atoms with Gasteiger partial charge in [-0.2, -0.15) is 0 Å². The molecule has 1 unspecified atom stereocenters. The molecule has 1 atom stereocenters. The average molecular weight is 278 g/mol. The second-order valence-electron chi connectivity index (χ2n) is 5.35. The fourth-order valence-electron chi connectivity index (χ4n) is 2.59. The summed E-state index contributed by atoms with van der Waals surface area (Å²) < 4.78 is 12.8. The molecule has 0 saturated carbocycles. The predicted octanol–water partition coefficient (Wildman–Crippen LogP) is 2.36. The van der Waals surface area contributed by atoms with Crippen LogP contribution in [0.3, 0.4) is 0 Å². The van der Waals surface area contributed by atoms with Crippen LogP contribution >= 0.6 is 0 Å². The number of carbonyl (C=O) groups is 1. The van der Waals surface area contributed by atoms with Gasteiger partial charge in [0.25, 0.3) is 0 Å². The Balaban J connectivity index is 1.85. The Morgan fingerprint density at radius 1 is 1.35 bits per heavy atom. The zero-order chi connectivity index (χ0) is 14.4. The van der Waals surface area contributed by atoms with E-state index >= 15 is 0 Å². The first-order chi connectivity index (χ1) is 9.70. The molecule has 3 nitrogen and oxygen atoms in total. The Labute approximate surface area is 120 Å². The van der Waals surface area contributed by atoms with Gasteiger partial charge in [-0.05, 0) is 49.9 Å². The summed E-state index contributed by atoms with van der Waals surface area (Å²) in [7, 11) is 0. The third-order valence-electron chi connectivity index (χ3n) is 3.75. The first kappa shape index (κ1) is 15.0. The Morgan fingerprint density at radius 2 is 2.10 bits per heavy atom. The summed E-state index contributed by atoms with van der Waals surface area (Å²) in [5.41, 5.74) is 1.07. The number of hydrogen-bond donors (Lipinski definition) is 1. The van der Waals surface area contributed by atoms with Crippen molar-refractivity contribution in [1.82, 2.24) is 10.2 Å². The molecule has 2 rings (SSSR count). The number of amides is 1. The van der Waals surface area contributed by atoms with Crippen LogP contribution in [0.2, 0.25) is 0 Å². The smallest absolute Gasteiger partial charge is 0.239 e. The van der Waals surface area contributed by atoms with Crippen molar-refractivity contribution in [2.75, 3.05) is 19.6 Å². The first-order valence-corrected chi connectivity index (χ1v) is 7.47. The summed E-state index contributed by atoms with van der Waals surface area (Å²) in [6, 6.07) is 6.50. The van der Waals surface area contributed by atoms with Crippen LogP contribution in [-0.2, 0) is 11.2 Å². The minimum Gasteiger partial charge on any atom is -0.341 e. The van der Waals surface area contributed by atoms with Crippen molar-refractivity contribution in [2.45, 2.75) is 38.6 Å². The SMILES string of the molecule is CCCNC1CCCN(CCc2ccc(F)cc2)C1=O. The summed E-state index contributed by atoms with van der Waals surface area (Å²) >= 11 is 0. The summed E-state index contributed by atoms with van der Waals surface area (Å²) in [5.74, 6) is -0.00144. The minimum absolute atomic E-state index is 0.0167. The second-order valence-corrected chi connectivity index (χ2v) is 5.35. The summed E-state index contributed by atoms with van der Waals surface area (Å²) in [6.07, 6.45) is 3.81. The molecule has 0 aromatic heterocycles. The number of rotatable bonds is 6. The van der Waals surface area contributed by atoms with Crippen LogP contribution in [0.1, 0.15) is 31.7 Å². The van der Waals surface area contributed by atoms with Gasteiger partial charge in [0.15, 0.2) is 0 Å². The van der Waals surface area contributed by atoms with Crippen molar-refractivity contribution in [3.8, 4) is 0 Å². The van der Waals surface area contributed by atoms with Gasteiger partial charge in [-0.3, -0.25) is 4.79 Å². The largest absolute Gasteiger partial charge is 0.341 e. The average Bonchev–Trinajstić information content (AvgIpc) is 2.47. The normalized spacial score (nSPS) is 19.4. The lowest BCUT2D eigenvalue weighted by molar-refractivity contribution is -0.135. The van der Waals surface area contributed by atoms with Gasteiger partial charge < -0.3 is 10.2 Å². The molecular weight excluding hydrogens is 255 g/mol. The lowest BCUT2D eigenvalue weighted by Gasteiger charge is -2.32. The zero-order valence-electron chi connectivity index (χ0n) is 12.1. The van der Waals surface area contributed by atoms with Gasteiger partial charge in [0.05, 0.1) is 6.04 Å². The lowest BCUT2D eigenvalue weighted by atomic mass is 10.0. The van der Waals surface area contributed by atoms with Gasteiger partial charge in [-0.15, -0.1) is 0 Å². The molecule has 1 N–H and O–H groups in total. The molecule has 20 heavy (non-hydrogen) atoms. The Kier molecular flexibility index (Phi) is 5.53. The van der Waals surface area contributed by atoms with Gasteiger partial charge in [-0.25, -0.2) is 4.39 Å². The summed E-state index contributed by atoms with van der Waals surface area (Å²) in [5, 5.41) is 3.32. The second kappa shape index (κ2) is 7.39. The third-order valence-corrected chi connectivity index (χ3v) is 3.75. The van der Waals surface area contributed by atoms with E-state index in [0.717, 1.165) is 50.9 Å². The number of benzene rings is 1. The number of nitrogens with zero attached hydrogens (tertiary/aromatic N) is 1. The van der Waals surface area contributed by atoms with E-state index in [2.05, 4.69) is 12.2 Å². The van der Waals surface area contributed by atoms with Gasteiger partial charge >= 0.3 is 0 Å². The highest BCUT2D eigenvalue weighted by molar-refractivity contribution is 5.82.